The Hall–Kier alpha value is -2.64. The Morgan fingerprint density at radius 3 is 3.04 bits per heavy atom. The van der Waals surface area contributed by atoms with Gasteiger partial charge in [0.05, 0.1) is 17.1 Å². The Labute approximate surface area is 158 Å². The van der Waals surface area contributed by atoms with Crippen LogP contribution in [-0.4, -0.2) is 17.7 Å². The lowest BCUT2D eigenvalue weighted by atomic mass is 10.2. The molecule has 0 saturated carbocycles. The average molecular weight is 384 g/mol. The molecular formula is C19H16N2O3S2. The van der Waals surface area contributed by atoms with Crippen LogP contribution >= 0.6 is 22.7 Å². The molecule has 0 atom stereocenters. The average Bonchev–Trinajstić information content (AvgIpc) is 3.38. The molecule has 3 aromatic rings. The summed E-state index contributed by atoms with van der Waals surface area (Å²) in [6.45, 7) is 2.68. The molecule has 7 heteroatoms. The lowest BCUT2D eigenvalue weighted by molar-refractivity contribution is -0.116. The first-order chi connectivity index (χ1) is 12.7. The van der Waals surface area contributed by atoms with E-state index >= 15 is 0 Å². The van der Waals surface area contributed by atoms with Crippen molar-refractivity contribution in [1.29, 1.82) is 0 Å². The molecule has 5 nitrogen and oxygen atoms in total. The number of amides is 1. The fourth-order valence-electron chi connectivity index (χ4n) is 2.51. The minimum absolute atomic E-state index is 0.145. The number of ether oxygens (including phenoxy) is 2. The minimum Gasteiger partial charge on any atom is -0.454 e. The largest absolute Gasteiger partial charge is 0.454 e. The van der Waals surface area contributed by atoms with Gasteiger partial charge in [-0.25, -0.2) is 4.98 Å². The topological polar surface area (TPSA) is 60.5 Å². The number of hydrogen-bond donors (Lipinski definition) is 1. The maximum absolute atomic E-state index is 12.1. The number of aryl methyl sites for hydroxylation is 1. The van der Waals surface area contributed by atoms with E-state index in [9.17, 15) is 4.79 Å². The van der Waals surface area contributed by atoms with Crippen molar-refractivity contribution in [2.45, 2.75) is 13.5 Å². The van der Waals surface area contributed by atoms with E-state index in [2.05, 4.69) is 16.4 Å². The summed E-state index contributed by atoms with van der Waals surface area (Å²) < 4.78 is 10.6. The molecule has 1 N–H and O–H groups in total. The zero-order valence-electron chi connectivity index (χ0n) is 14.0. The molecule has 1 aliphatic rings. The normalized spacial score (nSPS) is 12.7. The molecule has 0 saturated heterocycles. The van der Waals surface area contributed by atoms with Gasteiger partial charge in [-0.15, -0.1) is 22.7 Å². The fraction of sp³-hybridized carbons (Fsp3) is 0.158. The van der Waals surface area contributed by atoms with Crippen LogP contribution in [0.15, 0.2) is 41.8 Å². The number of fused-ring (bicyclic) bond motifs is 1. The number of hydrogen-bond acceptors (Lipinski definition) is 6. The Morgan fingerprint density at radius 1 is 1.31 bits per heavy atom. The van der Waals surface area contributed by atoms with Gasteiger partial charge in [-0.2, -0.15) is 0 Å². The lowest BCUT2D eigenvalue weighted by Gasteiger charge is -2.01. The summed E-state index contributed by atoms with van der Waals surface area (Å²) in [4.78, 5) is 18.9. The number of benzene rings is 1. The third-order valence-corrected chi connectivity index (χ3v) is 6.07. The molecule has 132 valence electrons. The number of rotatable bonds is 5. The van der Waals surface area contributed by atoms with Gasteiger partial charge in [-0.1, -0.05) is 12.1 Å². The molecule has 4 rings (SSSR count). The molecule has 1 amide bonds. The number of nitrogens with one attached hydrogen (secondary N) is 1. The second-order valence-electron chi connectivity index (χ2n) is 5.67. The first kappa shape index (κ1) is 16.8. The van der Waals surface area contributed by atoms with Gasteiger partial charge in [0.1, 0.15) is 5.01 Å². The smallest absolute Gasteiger partial charge is 0.244 e. The van der Waals surface area contributed by atoms with Crippen LogP contribution in [0.3, 0.4) is 0 Å². The van der Waals surface area contributed by atoms with Gasteiger partial charge in [-0.3, -0.25) is 4.79 Å². The highest BCUT2D eigenvalue weighted by molar-refractivity contribution is 7.21. The number of carbonyl (C=O) groups is 1. The molecule has 0 radical (unpaired) electrons. The summed E-state index contributed by atoms with van der Waals surface area (Å²) in [6.07, 6.45) is 3.28. The Bertz CT molecular complexity index is 961. The molecular weight excluding hydrogens is 368 g/mol. The van der Waals surface area contributed by atoms with E-state index in [1.165, 1.54) is 6.08 Å². The molecule has 0 spiro atoms. The van der Waals surface area contributed by atoms with Crippen LogP contribution in [0.25, 0.3) is 16.0 Å². The number of carbonyl (C=O) groups excluding carboxylic acids is 1. The molecule has 26 heavy (non-hydrogen) atoms. The number of thiazole rings is 1. The van der Waals surface area contributed by atoms with Gasteiger partial charge < -0.3 is 14.8 Å². The van der Waals surface area contributed by atoms with Crippen LogP contribution in [0.1, 0.15) is 16.1 Å². The first-order valence-electron chi connectivity index (χ1n) is 8.05. The second kappa shape index (κ2) is 7.31. The van der Waals surface area contributed by atoms with Crippen molar-refractivity contribution in [2.24, 2.45) is 0 Å². The third-order valence-electron chi connectivity index (χ3n) is 3.87. The summed E-state index contributed by atoms with van der Waals surface area (Å²) in [5, 5.41) is 5.95. The predicted molar refractivity (Wildman–Crippen MR) is 104 cm³/mol. The van der Waals surface area contributed by atoms with Crippen molar-refractivity contribution < 1.29 is 14.3 Å². The molecule has 0 aliphatic carbocycles. The highest BCUT2D eigenvalue weighted by Gasteiger charge is 2.13. The Morgan fingerprint density at radius 2 is 2.19 bits per heavy atom. The summed E-state index contributed by atoms with van der Waals surface area (Å²) >= 11 is 3.28. The van der Waals surface area contributed by atoms with E-state index in [4.69, 9.17) is 9.47 Å². The zero-order valence-corrected chi connectivity index (χ0v) is 15.7. The van der Waals surface area contributed by atoms with E-state index in [0.717, 1.165) is 31.8 Å². The molecule has 1 aliphatic heterocycles. The van der Waals surface area contributed by atoms with Crippen molar-refractivity contribution in [3.05, 3.63) is 57.9 Å². The van der Waals surface area contributed by atoms with Gasteiger partial charge in [-0.05, 0) is 42.1 Å². The molecule has 0 bridgehead atoms. The van der Waals surface area contributed by atoms with E-state index in [1.807, 2.05) is 36.6 Å². The van der Waals surface area contributed by atoms with Crippen molar-refractivity contribution in [3.63, 3.8) is 0 Å². The fourth-order valence-corrected chi connectivity index (χ4v) is 4.31. The summed E-state index contributed by atoms with van der Waals surface area (Å²) in [5.41, 5.74) is 1.84. The van der Waals surface area contributed by atoms with Gasteiger partial charge in [0.2, 0.25) is 12.7 Å². The van der Waals surface area contributed by atoms with Crippen LogP contribution in [0.4, 0.5) is 0 Å². The van der Waals surface area contributed by atoms with Crippen LogP contribution in [0.2, 0.25) is 0 Å². The maximum Gasteiger partial charge on any atom is 0.244 e. The van der Waals surface area contributed by atoms with Crippen LogP contribution in [0.5, 0.6) is 11.5 Å². The quantitative estimate of drug-likeness (QED) is 0.669. The number of nitrogens with zero attached hydrogens (tertiary/aromatic N) is 1. The second-order valence-corrected chi connectivity index (χ2v) is 7.70. The first-order valence-corrected chi connectivity index (χ1v) is 9.74. The minimum atomic E-state index is -0.145. The van der Waals surface area contributed by atoms with Crippen molar-refractivity contribution >= 4 is 34.7 Å². The van der Waals surface area contributed by atoms with Gasteiger partial charge >= 0.3 is 0 Å². The van der Waals surface area contributed by atoms with E-state index in [-0.39, 0.29) is 12.7 Å². The van der Waals surface area contributed by atoms with Crippen molar-refractivity contribution in [1.82, 2.24) is 10.3 Å². The number of thiophene rings is 1. The van der Waals surface area contributed by atoms with Crippen LogP contribution < -0.4 is 14.8 Å². The number of aromatic nitrogens is 1. The van der Waals surface area contributed by atoms with E-state index in [0.29, 0.717) is 12.3 Å². The molecule has 0 unspecified atom stereocenters. The lowest BCUT2D eigenvalue weighted by Crippen LogP contribution is -2.20. The van der Waals surface area contributed by atoms with Crippen LogP contribution in [0, 0.1) is 6.92 Å². The monoisotopic (exact) mass is 384 g/mol. The third kappa shape index (κ3) is 3.63. The maximum atomic E-state index is 12.1. The highest BCUT2D eigenvalue weighted by Crippen LogP contribution is 2.33. The van der Waals surface area contributed by atoms with Gasteiger partial charge in [0.25, 0.3) is 0 Å². The predicted octanol–water partition coefficient (Wildman–Crippen LogP) is 4.24. The van der Waals surface area contributed by atoms with Crippen LogP contribution in [-0.2, 0) is 11.3 Å². The SMILES string of the molecule is Cc1nc(-c2cccs2)sc1CNC(=O)/C=C/c1ccc2c(c1)OCO2. The van der Waals surface area contributed by atoms with Gasteiger partial charge in [0.15, 0.2) is 11.5 Å². The molecule has 0 fully saturated rings. The molecule has 2 aromatic heterocycles. The summed E-state index contributed by atoms with van der Waals surface area (Å²) in [7, 11) is 0. The summed E-state index contributed by atoms with van der Waals surface area (Å²) in [6, 6.07) is 9.65. The van der Waals surface area contributed by atoms with Gasteiger partial charge in [0, 0.05) is 11.0 Å². The van der Waals surface area contributed by atoms with Crippen molar-refractivity contribution in [2.75, 3.05) is 6.79 Å². The molecule has 1 aromatic carbocycles. The Balaban J connectivity index is 1.37. The van der Waals surface area contributed by atoms with E-state index < -0.39 is 0 Å². The zero-order chi connectivity index (χ0) is 17.9. The summed E-state index contributed by atoms with van der Waals surface area (Å²) in [5.74, 6) is 1.29. The van der Waals surface area contributed by atoms with Crippen molar-refractivity contribution in [3.8, 4) is 21.4 Å². The Kier molecular flexibility index (Phi) is 4.73. The molecule has 3 heterocycles. The standard InChI is InChI=1S/C19H16N2O3S2/c1-12-17(26-19(21-12)16-3-2-8-25-16)10-20-18(22)7-5-13-4-6-14-15(9-13)24-11-23-14/h2-9H,10-11H2,1H3,(H,20,22)/b7-5+. The highest BCUT2D eigenvalue weighted by atomic mass is 32.1. The van der Waals surface area contributed by atoms with E-state index in [1.54, 1.807) is 28.7 Å².